The van der Waals surface area contributed by atoms with Gasteiger partial charge in [-0.1, -0.05) is 12.1 Å². The van der Waals surface area contributed by atoms with E-state index in [0.29, 0.717) is 18.0 Å². The molecule has 1 amide bonds. The van der Waals surface area contributed by atoms with Gasteiger partial charge in [-0.05, 0) is 43.2 Å². The van der Waals surface area contributed by atoms with Gasteiger partial charge in [-0.15, -0.1) is 0 Å². The second-order valence-corrected chi connectivity index (χ2v) is 5.73. The number of rotatable bonds is 7. The molecular weight excluding hydrogens is 323 g/mol. The summed E-state index contributed by atoms with van der Waals surface area (Å²) in [5, 5.41) is 6.00. The zero-order chi connectivity index (χ0) is 18.4. The average Bonchev–Trinajstić information content (AvgIpc) is 2.62. The molecule has 6 heteroatoms. The van der Waals surface area contributed by atoms with Gasteiger partial charge in [0.05, 0.1) is 14.2 Å². The highest BCUT2D eigenvalue weighted by molar-refractivity contribution is 5.84. The Bertz CT molecular complexity index is 732. The van der Waals surface area contributed by atoms with E-state index in [1.807, 2.05) is 13.0 Å². The number of amides is 1. The minimum absolute atomic E-state index is 0.154. The zero-order valence-corrected chi connectivity index (χ0v) is 14.9. The number of methoxy groups -OCH3 is 2. The first-order chi connectivity index (χ1) is 11.9. The van der Waals surface area contributed by atoms with Crippen LogP contribution < -0.4 is 20.1 Å². The third-order valence-corrected chi connectivity index (χ3v) is 3.88. The van der Waals surface area contributed by atoms with Crippen molar-refractivity contribution in [3.05, 3.63) is 53.3 Å². The van der Waals surface area contributed by atoms with Crippen LogP contribution in [0.15, 0.2) is 36.4 Å². The Kier molecular flexibility index (Phi) is 6.22. The first kappa shape index (κ1) is 18.6. The van der Waals surface area contributed by atoms with Crippen molar-refractivity contribution in [1.29, 1.82) is 0 Å². The van der Waals surface area contributed by atoms with Gasteiger partial charge < -0.3 is 20.1 Å². The molecule has 0 saturated heterocycles. The zero-order valence-electron chi connectivity index (χ0n) is 14.9. The summed E-state index contributed by atoms with van der Waals surface area (Å²) >= 11 is 0. The van der Waals surface area contributed by atoms with Crippen molar-refractivity contribution in [2.24, 2.45) is 0 Å². The SMILES string of the molecule is COc1cc(C)c(NC(C)C(=O)NCc2ccc(F)cc2)cc1OC. The lowest BCUT2D eigenvalue weighted by Crippen LogP contribution is -2.37. The standard InChI is InChI=1S/C19H23FN2O3/c1-12-9-17(24-3)18(25-4)10-16(12)22-13(2)19(23)21-11-14-5-7-15(20)8-6-14/h5-10,13,22H,11H2,1-4H3,(H,21,23). The van der Waals surface area contributed by atoms with Crippen molar-refractivity contribution in [2.45, 2.75) is 26.4 Å². The number of anilines is 1. The Balaban J connectivity index is 1.99. The normalized spacial score (nSPS) is 11.6. The largest absolute Gasteiger partial charge is 0.493 e. The van der Waals surface area contributed by atoms with Crippen LogP contribution >= 0.6 is 0 Å². The Labute approximate surface area is 147 Å². The minimum atomic E-state index is -0.447. The molecule has 0 radical (unpaired) electrons. The van der Waals surface area contributed by atoms with Gasteiger partial charge in [0, 0.05) is 18.3 Å². The first-order valence-electron chi connectivity index (χ1n) is 7.96. The van der Waals surface area contributed by atoms with Crippen LogP contribution in [-0.2, 0) is 11.3 Å². The number of halogens is 1. The molecule has 1 atom stereocenters. The predicted molar refractivity (Wildman–Crippen MR) is 95.6 cm³/mol. The van der Waals surface area contributed by atoms with E-state index in [1.165, 1.54) is 12.1 Å². The van der Waals surface area contributed by atoms with Gasteiger partial charge in [-0.25, -0.2) is 4.39 Å². The molecule has 2 aromatic carbocycles. The number of benzene rings is 2. The Morgan fingerprint density at radius 3 is 2.32 bits per heavy atom. The van der Waals surface area contributed by atoms with Crippen LogP contribution in [0.5, 0.6) is 11.5 Å². The van der Waals surface area contributed by atoms with Crippen molar-refractivity contribution in [3.63, 3.8) is 0 Å². The third-order valence-electron chi connectivity index (χ3n) is 3.88. The second-order valence-electron chi connectivity index (χ2n) is 5.73. The number of carbonyl (C=O) groups excluding carboxylic acids is 1. The molecular formula is C19H23FN2O3. The van der Waals surface area contributed by atoms with Gasteiger partial charge in [0.2, 0.25) is 5.91 Å². The molecule has 0 aliphatic carbocycles. The van der Waals surface area contributed by atoms with E-state index < -0.39 is 6.04 Å². The number of hydrogen-bond acceptors (Lipinski definition) is 4. The van der Waals surface area contributed by atoms with Crippen LogP contribution in [0.4, 0.5) is 10.1 Å². The molecule has 0 heterocycles. The molecule has 134 valence electrons. The van der Waals surface area contributed by atoms with Crippen molar-refractivity contribution >= 4 is 11.6 Å². The summed E-state index contributed by atoms with van der Waals surface area (Å²) < 4.78 is 23.4. The van der Waals surface area contributed by atoms with E-state index >= 15 is 0 Å². The van der Waals surface area contributed by atoms with Crippen molar-refractivity contribution in [1.82, 2.24) is 5.32 Å². The fraction of sp³-hybridized carbons (Fsp3) is 0.316. The van der Waals surface area contributed by atoms with E-state index in [9.17, 15) is 9.18 Å². The van der Waals surface area contributed by atoms with Gasteiger partial charge in [-0.3, -0.25) is 4.79 Å². The van der Waals surface area contributed by atoms with E-state index in [1.54, 1.807) is 39.3 Å². The van der Waals surface area contributed by atoms with Gasteiger partial charge in [0.15, 0.2) is 11.5 Å². The van der Waals surface area contributed by atoms with Crippen LogP contribution in [0.1, 0.15) is 18.1 Å². The number of hydrogen-bond donors (Lipinski definition) is 2. The number of ether oxygens (including phenoxy) is 2. The van der Waals surface area contributed by atoms with Crippen molar-refractivity contribution in [2.75, 3.05) is 19.5 Å². The molecule has 2 N–H and O–H groups in total. The van der Waals surface area contributed by atoms with E-state index in [0.717, 1.165) is 16.8 Å². The highest BCUT2D eigenvalue weighted by Crippen LogP contribution is 2.33. The lowest BCUT2D eigenvalue weighted by atomic mass is 10.1. The van der Waals surface area contributed by atoms with Crippen LogP contribution in [0, 0.1) is 12.7 Å². The molecule has 0 saturated carbocycles. The molecule has 0 aromatic heterocycles. The molecule has 5 nitrogen and oxygen atoms in total. The maximum atomic E-state index is 12.9. The Morgan fingerprint density at radius 1 is 1.12 bits per heavy atom. The van der Waals surface area contributed by atoms with Gasteiger partial charge in [0.1, 0.15) is 11.9 Å². The monoisotopic (exact) mass is 346 g/mol. The average molecular weight is 346 g/mol. The molecule has 1 unspecified atom stereocenters. The van der Waals surface area contributed by atoms with Crippen LogP contribution in [-0.4, -0.2) is 26.2 Å². The molecule has 0 aliphatic rings. The van der Waals surface area contributed by atoms with Crippen LogP contribution in [0.25, 0.3) is 0 Å². The number of nitrogens with one attached hydrogen (secondary N) is 2. The maximum absolute atomic E-state index is 12.9. The van der Waals surface area contributed by atoms with Gasteiger partial charge in [0.25, 0.3) is 0 Å². The summed E-state index contributed by atoms with van der Waals surface area (Å²) in [6.45, 7) is 4.04. The van der Waals surface area contributed by atoms with E-state index in [2.05, 4.69) is 10.6 Å². The Hall–Kier alpha value is -2.76. The van der Waals surface area contributed by atoms with Crippen LogP contribution in [0.3, 0.4) is 0 Å². The number of aryl methyl sites for hydroxylation is 1. The van der Waals surface area contributed by atoms with Gasteiger partial charge in [-0.2, -0.15) is 0 Å². The molecule has 0 fully saturated rings. The summed E-state index contributed by atoms with van der Waals surface area (Å²) in [7, 11) is 3.14. The highest BCUT2D eigenvalue weighted by Gasteiger charge is 2.15. The summed E-state index contributed by atoms with van der Waals surface area (Å²) in [5.41, 5.74) is 2.57. The lowest BCUT2D eigenvalue weighted by molar-refractivity contribution is -0.121. The molecule has 2 aromatic rings. The first-order valence-corrected chi connectivity index (χ1v) is 7.96. The van der Waals surface area contributed by atoms with Crippen molar-refractivity contribution < 1.29 is 18.7 Å². The molecule has 25 heavy (non-hydrogen) atoms. The van der Waals surface area contributed by atoms with E-state index in [4.69, 9.17) is 9.47 Å². The summed E-state index contributed by atoms with van der Waals surface area (Å²) in [4.78, 5) is 12.3. The quantitative estimate of drug-likeness (QED) is 0.808. The fourth-order valence-electron chi connectivity index (χ4n) is 2.38. The Morgan fingerprint density at radius 2 is 1.72 bits per heavy atom. The van der Waals surface area contributed by atoms with Crippen molar-refractivity contribution in [3.8, 4) is 11.5 Å². The molecule has 0 spiro atoms. The van der Waals surface area contributed by atoms with E-state index in [-0.39, 0.29) is 11.7 Å². The minimum Gasteiger partial charge on any atom is -0.493 e. The highest BCUT2D eigenvalue weighted by atomic mass is 19.1. The predicted octanol–water partition coefficient (Wildman–Crippen LogP) is 3.27. The van der Waals surface area contributed by atoms with Gasteiger partial charge >= 0.3 is 0 Å². The smallest absolute Gasteiger partial charge is 0.242 e. The summed E-state index contributed by atoms with van der Waals surface area (Å²) in [5.74, 6) is 0.779. The lowest BCUT2D eigenvalue weighted by Gasteiger charge is -2.19. The number of carbonyl (C=O) groups is 1. The fourth-order valence-corrected chi connectivity index (χ4v) is 2.38. The third kappa shape index (κ3) is 4.86. The summed E-state index contributed by atoms with van der Waals surface area (Å²) in [6, 6.07) is 9.24. The molecule has 2 rings (SSSR count). The molecule has 0 aliphatic heterocycles. The summed E-state index contributed by atoms with van der Waals surface area (Å²) in [6.07, 6.45) is 0. The van der Waals surface area contributed by atoms with Crippen LogP contribution in [0.2, 0.25) is 0 Å². The maximum Gasteiger partial charge on any atom is 0.242 e. The second kappa shape index (κ2) is 8.37. The topological polar surface area (TPSA) is 59.6 Å². The molecule has 0 bridgehead atoms.